The van der Waals surface area contributed by atoms with Crippen LogP contribution in [-0.2, 0) is 14.3 Å². The molecule has 1 N–H and O–H groups in total. The Bertz CT molecular complexity index is 270. The maximum atomic E-state index is 11.3. The van der Waals surface area contributed by atoms with Crippen molar-refractivity contribution in [2.45, 2.75) is 32.3 Å². The molecular formula is C9H13O5-. The number of aliphatic hydroxyl groups is 1. The zero-order valence-corrected chi connectivity index (χ0v) is 8.20. The maximum absolute atomic E-state index is 11.3. The van der Waals surface area contributed by atoms with Crippen molar-refractivity contribution in [3.8, 4) is 0 Å². The number of ether oxygens (including phenoxy) is 1. The zero-order valence-electron chi connectivity index (χ0n) is 8.20. The molecule has 1 fully saturated rings. The molecule has 2 unspecified atom stereocenters. The van der Waals surface area contributed by atoms with Gasteiger partial charge in [0.2, 0.25) is 0 Å². The molecule has 0 radical (unpaired) electrons. The molecule has 0 spiro atoms. The normalized spacial score (nSPS) is 30.9. The van der Waals surface area contributed by atoms with Crippen molar-refractivity contribution >= 4 is 11.9 Å². The Morgan fingerprint density at radius 1 is 1.79 bits per heavy atom. The van der Waals surface area contributed by atoms with Crippen molar-refractivity contribution in [1.82, 2.24) is 0 Å². The van der Waals surface area contributed by atoms with Crippen molar-refractivity contribution in [3.05, 3.63) is 0 Å². The molecule has 14 heavy (non-hydrogen) atoms. The van der Waals surface area contributed by atoms with E-state index in [9.17, 15) is 19.8 Å². The summed E-state index contributed by atoms with van der Waals surface area (Å²) in [6.45, 7) is 3.04. The van der Waals surface area contributed by atoms with Crippen LogP contribution in [-0.4, -0.2) is 29.3 Å². The van der Waals surface area contributed by atoms with Crippen molar-refractivity contribution in [2.75, 3.05) is 6.61 Å². The van der Waals surface area contributed by atoms with E-state index in [1.807, 2.05) is 0 Å². The van der Waals surface area contributed by atoms with E-state index in [0.29, 0.717) is 6.42 Å². The molecule has 0 aromatic rings. The fraction of sp³-hybridized carbons (Fsp3) is 0.778. The molecule has 5 nitrogen and oxygen atoms in total. The first kappa shape index (κ1) is 11.0. The maximum Gasteiger partial charge on any atom is 0.314 e. The second-order valence-electron chi connectivity index (χ2n) is 4.04. The molecule has 0 aliphatic carbocycles. The van der Waals surface area contributed by atoms with E-state index >= 15 is 0 Å². The molecule has 5 heteroatoms. The van der Waals surface area contributed by atoms with Crippen LogP contribution in [0, 0.1) is 5.41 Å². The number of hydrogen-bond acceptors (Lipinski definition) is 5. The van der Waals surface area contributed by atoms with Crippen molar-refractivity contribution in [1.29, 1.82) is 0 Å². The molecule has 0 amide bonds. The van der Waals surface area contributed by atoms with Gasteiger partial charge in [-0.2, -0.15) is 0 Å². The standard InChI is InChI=1S/C9H14O5/c1-8(3-4-14-7(8)12)9(2,13)5-6(10)11/h13H,3-5H2,1-2H3,(H,10,11)/p-1. The van der Waals surface area contributed by atoms with Crippen LogP contribution in [0.25, 0.3) is 0 Å². The Morgan fingerprint density at radius 2 is 2.36 bits per heavy atom. The first-order chi connectivity index (χ1) is 6.29. The first-order valence-electron chi connectivity index (χ1n) is 4.39. The third-order valence-corrected chi connectivity index (χ3v) is 2.96. The highest BCUT2D eigenvalue weighted by molar-refractivity contribution is 5.81. The number of aliphatic carboxylic acids is 1. The van der Waals surface area contributed by atoms with E-state index < -0.39 is 29.4 Å². The Kier molecular flexibility index (Phi) is 2.54. The van der Waals surface area contributed by atoms with Crippen LogP contribution in [0.3, 0.4) is 0 Å². The van der Waals surface area contributed by atoms with Crippen LogP contribution in [0.15, 0.2) is 0 Å². The van der Waals surface area contributed by atoms with Crippen molar-refractivity contribution in [3.63, 3.8) is 0 Å². The fourth-order valence-corrected chi connectivity index (χ4v) is 1.57. The first-order valence-corrected chi connectivity index (χ1v) is 4.39. The molecule has 1 saturated heterocycles. The third kappa shape index (κ3) is 1.59. The topological polar surface area (TPSA) is 86.7 Å². The van der Waals surface area contributed by atoms with Crippen LogP contribution in [0.2, 0.25) is 0 Å². The third-order valence-electron chi connectivity index (χ3n) is 2.96. The molecule has 0 aromatic heterocycles. The monoisotopic (exact) mass is 201 g/mol. The van der Waals surface area contributed by atoms with Gasteiger partial charge in [-0.3, -0.25) is 4.79 Å². The number of carboxylic acids is 1. The fourth-order valence-electron chi connectivity index (χ4n) is 1.57. The predicted molar refractivity (Wildman–Crippen MR) is 43.9 cm³/mol. The molecule has 0 saturated carbocycles. The van der Waals surface area contributed by atoms with Crippen molar-refractivity contribution < 1.29 is 24.5 Å². The smallest absolute Gasteiger partial charge is 0.314 e. The minimum absolute atomic E-state index is 0.221. The van der Waals surface area contributed by atoms with Gasteiger partial charge in [-0.15, -0.1) is 0 Å². The van der Waals surface area contributed by atoms with E-state index in [1.165, 1.54) is 13.8 Å². The lowest BCUT2D eigenvalue weighted by Gasteiger charge is -2.36. The van der Waals surface area contributed by atoms with Gasteiger partial charge in [0, 0.05) is 18.8 Å². The second kappa shape index (κ2) is 3.24. The number of hydrogen-bond donors (Lipinski definition) is 1. The minimum Gasteiger partial charge on any atom is -0.550 e. The number of carbonyl (C=O) groups excluding carboxylic acids is 2. The van der Waals surface area contributed by atoms with Gasteiger partial charge >= 0.3 is 5.97 Å². The average molecular weight is 201 g/mol. The lowest BCUT2D eigenvalue weighted by molar-refractivity contribution is -0.310. The van der Waals surface area contributed by atoms with Crippen LogP contribution in [0.1, 0.15) is 26.7 Å². The molecular weight excluding hydrogens is 188 g/mol. The van der Waals surface area contributed by atoms with Gasteiger partial charge < -0.3 is 19.7 Å². The molecule has 1 heterocycles. The summed E-state index contributed by atoms with van der Waals surface area (Å²) in [6.07, 6.45) is -0.245. The summed E-state index contributed by atoms with van der Waals surface area (Å²) in [6, 6.07) is 0. The number of esters is 1. The highest BCUT2D eigenvalue weighted by Gasteiger charge is 2.53. The number of carbonyl (C=O) groups is 2. The zero-order chi connectivity index (χ0) is 11.0. The SMILES string of the molecule is CC(O)(CC(=O)[O-])C1(C)CCOC1=O. The lowest BCUT2D eigenvalue weighted by atomic mass is 9.71. The molecule has 2 atom stereocenters. The molecule has 0 bridgehead atoms. The van der Waals surface area contributed by atoms with E-state index in [0.717, 1.165) is 0 Å². The molecule has 1 aliphatic heterocycles. The number of carboxylic acid groups (broad SMARTS) is 1. The van der Waals surface area contributed by atoms with Crippen LogP contribution in [0.5, 0.6) is 0 Å². The summed E-state index contributed by atoms with van der Waals surface area (Å²) in [4.78, 5) is 21.7. The van der Waals surface area contributed by atoms with Gasteiger partial charge in [-0.05, 0) is 13.8 Å². The Hall–Kier alpha value is -1.10. The number of cyclic esters (lactones) is 1. The van der Waals surface area contributed by atoms with E-state index in [4.69, 9.17) is 4.74 Å². The average Bonchev–Trinajstić information content (AvgIpc) is 2.31. The van der Waals surface area contributed by atoms with Gasteiger partial charge in [-0.1, -0.05) is 0 Å². The van der Waals surface area contributed by atoms with Crippen LogP contribution >= 0.6 is 0 Å². The van der Waals surface area contributed by atoms with Crippen molar-refractivity contribution in [2.24, 2.45) is 5.41 Å². The Labute approximate surface area is 81.7 Å². The highest BCUT2D eigenvalue weighted by Crippen LogP contribution is 2.41. The summed E-state index contributed by atoms with van der Waals surface area (Å²) in [7, 11) is 0. The van der Waals surface area contributed by atoms with Gasteiger partial charge in [0.1, 0.15) is 0 Å². The van der Waals surface area contributed by atoms with Gasteiger partial charge in [0.15, 0.2) is 0 Å². The van der Waals surface area contributed by atoms with E-state index in [2.05, 4.69) is 0 Å². The van der Waals surface area contributed by atoms with Gasteiger partial charge in [0.25, 0.3) is 0 Å². The summed E-state index contributed by atoms with van der Waals surface area (Å²) in [5.41, 5.74) is -2.77. The largest absolute Gasteiger partial charge is 0.550 e. The molecule has 80 valence electrons. The van der Waals surface area contributed by atoms with E-state index in [-0.39, 0.29) is 6.61 Å². The molecule has 1 rings (SSSR count). The summed E-state index contributed by atoms with van der Waals surface area (Å²) < 4.78 is 4.72. The molecule has 0 aromatic carbocycles. The highest BCUT2D eigenvalue weighted by atomic mass is 16.5. The quantitative estimate of drug-likeness (QED) is 0.581. The van der Waals surface area contributed by atoms with E-state index in [1.54, 1.807) is 0 Å². The summed E-state index contributed by atoms with van der Waals surface area (Å²) >= 11 is 0. The Morgan fingerprint density at radius 3 is 2.71 bits per heavy atom. The minimum atomic E-state index is -1.63. The molecule has 1 aliphatic rings. The second-order valence-corrected chi connectivity index (χ2v) is 4.04. The van der Waals surface area contributed by atoms with Gasteiger partial charge in [-0.25, -0.2) is 0 Å². The number of rotatable bonds is 3. The predicted octanol–water partition coefficient (Wildman–Crippen LogP) is -1.17. The van der Waals surface area contributed by atoms with Gasteiger partial charge in [0.05, 0.1) is 17.6 Å². The van der Waals surface area contributed by atoms with Crippen LogP contribution < -0.4 is 5.11 Å². The summed E-state index contributed by atoms with van der Waals surface area (Å²) in [5, 5.41) is 20.3. The van der Waals surface area contributed by atoms with Crippen LogP contribution in [0.4, 0.5) is 0 Å². The lowest BCUT2D eigenvalue weighted by Crippen LogP contribution is -2.50. The summed E-state index contributed by atoms with van der Waals surface area (Å²) in [5.74, 6) is -1.93. The Balaban J connectivity index is 2.89.